The third-order valence-corrected chi connectivity index (χ3v) is 5.16. The molecule has 1 saturated heterocycles. The van der Waals surface area contributed by atoms with E-state index in [2.05, 4.69) is 0 Å². The number of benzene rings is 2. The lowest BCUT2D eigenvalue weighted by Crippen LogP contribution is -2.45. The zero-order valence-electron chi connectivity index (χ0n) is 13.6. The van der Waals surface area contributed by atoms with E-state index < -0.39 is 11.6 Å². The van der Waals surface area contributed by atoms with E-state index in [1.807, 2.05) is 6.92 Å². The number of nitrogens with zero attached hydrogens (tertiary/aromatic N) is 1. The molecule has 1 aliphatic heterocycles. The maximum atomic E-state index is 14.0. The number of amides is 1. The third kappa shape index (κ3) is 3.80. The fraction of sp³-hybridized carbons (Fsp3) is 0.316. The predicted octanol–water partition coefficient (Wildman–Crippen LogP) is 5.50. The zero-order chi connectivity index (χ0) is 18.1. The Morgan fingerprint density at radius 2 is 1.84 bits per heavy atom. The summed E-state index contributed by atoms with van der Waals surface area (Å²) in [7, 11) is 0. The zero-order valence-corrected chi connectivity index (χ0v) is 15.1. The average molecular weight is 384 g/mol. The molecule has 0 aliphatic carbocycles. The summed E-state index contributed by atoms with van der Waals surface area (Å²) in [4.78, 5) is 14.2. The van der Waals surface area contributed by atoms with Gasteiger partial charge in [0.25, 0.3) is 0 Å². The molecule has 6 heteroatoms. The molecule has 132 valence electrons. The normalized spacial score (nSPS) is 20.8. The Labute approximate surface area is 155 Å². The van der Waals surface area contributed by atoms with Crippen LogP contribution in [0, 0.1) is 23.5 Å². The van der Waals surface area contributed by atoms with Crippen LogP contribution >= 0.6 is 23.2 Å². The van der Waals surface area contributed by atoms with Crippen molar-refractivity contribution in [3.05, 3.63) is 63.6 Å². The van der Waals surface area contributed by atoms with Gasteiger partial charge in [0.05, 0.1) is 15.7 Å². The number of carbonyl (C=O) groups excluding carboxylic acids is 1. The van der Waals surface area contributed by atoms with Crippen LogP contribution in [0.25, 0.3) is 0 Å². The van der Waals surface area contributed by atoms with E-state index in [0.717, 1.165) is 6.07 Å². The molecule has 0 bridgehead atoms. The lowest BCUT2D eigenvalue weighted by atomic mass is 9.85. The Kier molecular flexibility index (Phi) is 5.30. The van der Waals surface area contributed by atoms with Crippen molar-refractivity contribution >= 4 is 34.8 Å². The van der Waals surface area contributed by atoms with E-state index in [9.17, 15) is 13.6 Å². The summed E-state index contributed by atoms with van der Waals surface area (Å²) in [5, 5.41) is 0.809. The summed E-state index contributed by atoms with van der Waals surface area (Å²) < 4.78 is 27.1. The van der Waals surface area contributed by atoms with Crippen LogP contribution < -0.4 is 4.90 Å². The van der Waals surface area contributed by atoms with Gasteiger partial charge in [-0.15, -0.1) is 0 Å². The first-order valence-corrected chi connectivity index (χ1v) is 8.81. The Hall–Kier alpha value is -1.65. The number of halogens is 4. The molecule has 1 aliphatic rings. The van der Waals surface area contributed by atoms with Gasteiger partial charge in [0, 0.05) is 18.5 Å². The van der Waals surface area contributed by atoms with Crippen molar-refractivity contribution < 1.29 is 13.6 Å². The van der Waals surface area contributed by atoms with Gasteiger partial charge in [0.2, 0.25) is 5.91 Å². The minimum Gasteiger partial charge on any atom is -0.309 e. The molecule has 1 fully saturated rings. The third-order valence-electron chi connectivity index (χ3n) is 4.55. The van der Waals surface area contributed by atoms with E-state index in [1.165, 1.54) is 12.1 Å². The molecule has 3 rings (SSSR count). The van der Waals surface area contributed by atoms with Crippen LogP contribution in [0.5, 0.6) is 0 Å². The lowest BCUT2D eigenvalue weighted by molar-refractivity contribution is -0.124. The van der Waals surface area contributed by atoms with Crippen LogP contribution in [-0.2, 0) is 11.2 Å². The van der Waals surface area contributed by atoms with Crippen LogP contribution in [0.1, 0.15) is 18.9 Å². The minimum atomic E-state index is -0.599. The second kappa shape index (κ2) is 7.30. The van der Waals surface area contributed by atoms with Gasteiger partial charge in [-0.25, -0.2) is 8.78 Å². The van der Waals surface area contributed by atoms with Crippen molar-refractivity contribution in [1.82, 2.24) is 0 Å². The van der Waals surface area contributed by atoms with Crippen molar-refractivity contribution in [3.63, 3.8) is 0 Å². The van der Waals surface area contributed by atoms with Gasteiger partial charge in [0.1, 0.15) is 11.6 Å². The van der Waals surface area contributed by atoms with Gasteiger partial charge in [-0.05, 0) is 42.5 Å². The molecule has 0 unspecified atom stereocenters. The van der Waals surface area contributed by atoms with Crippen LogP contribution in [0.15, 0.2) is 36.4 Å². The van der Waals surface area contributed by atoms with E-state index in [-0.39, 0.29) is 17.7 Å². The maximum absolute atomic E-state index is 14.0. The number of hydrogen-bond acceptors (Lipinski definition) is 1. The molecule has 0 N–H and O–H groups in total. The van der Waals surface area contributed by atoms with E-state index in [0.29, 0.717) is 40.7 Å². The van der Waals surface area contributed by atoms with Gasteiger partial charge in [0.15, 0.2) is 0 Å². The van der Waals surface area contributed by atoms with E-state index in [1.54, 1.807) is 23.1 Å². The van der Waals surface area contributed by atoms with Crippen molar-refractivity contribution in [2.45, 2.75) is 19.8 Å². The number of hydrogen-bond donors (Lipinski definition) is 0. The molecule has 25 heavy (non-hydrogen) atoms. The summed E-state index contributed by atoms with van der Waals surface area (Å²) in [6.07, 6.45) is 1.05. The first kappa shape index (κ1) is 18.2. The fourth-order valence-corrected chi connectivity index (χ4v) is 3.99. The fourth-order valence-electron chi connectivity index (χ4n) is 3.38. The molecule has 2 atom stereocenters. The first-order valence-electron chi connectivity index (χ1n) is 8.06. The summed E-state index contributed by atoms with van der Waals surface area (Å²) in [6.45, 7) is 2.23. The number of para-hydroxylation sites is 1. The molecule has 0 radical (unpaired) electrons. The van der Waals surface area contributed by atoms with Crippen LogP contribution in [-0.4, -0.2) is 12.5 Å². The SMILES string of the molecule is C[C@@H]1C[C@H](Cc2ccc(F)cc2F)CN(c2c(Cl)cccc2Cl)C1=O. The van der Waals surface area contributed by atoms with Gasteiger partial charge in [-0.2, -0.15) is 0 Å². The number of carbonyl (C=O) groups is 1. The van der Waals surface area contributed by atoms with Crippen molar-refractivity contribution in [2.24, 2.45) is 11.8 Å². The highest BCUT2D eigenvalue weighted by molar-refractivity contribution is 6.40. The quantitative estimate of drug-likeness (QED) is 0.684. The monoisotopic (exact) mass is 383 g/mol. The predicted molar refractivity (Wildman–Crippen MR) is 96.1 cm³/mol. The van der Waals surface area contributed by atoms with Gasteiger partial charge in [-0.3, -0.25) is 4.79 Å². The number of rotatable bonds is 3. The number of anilines is 1. The average Bonchev–Trinajstić information content (AvgIpc) is 2.54. The first-order chi connectivity index (χ1) is 11.9. The Morgan fingerprint density at radius 1 is 1.16 bits per heavy atom. The summed E-state index contributed by atoms with van der Waals surface area (Å²) in [6, 6.07) is 8.68. The highest BCUT2D eigenvalue weighted by atomic mass is 35.5. The standard InChI is InChI=1S/C19H17Cl2F2NO/c1-11-7-12(8-13-5-6-14(22)9-17(13)23)10-24(19(11)25)18-15(20)3-2-4-16(18)21/h2-6,9,11-12H,7-8,10H2,1H3/t11-,12-/m1/s1. The van der Waals surface area contributed by atoms with Crippen molar-refractivity contribution in [3.8, 4) is 0 Å². The molecular formula is C19H17Cl2F2NO. The number of piperidine rings is 1. The molecule has 0 saturated carbocycles. The Balaban J connectivity index is 1.87. The van der Waals surface area contributed by atoms with Gasteiger partial charge >= 0.3 is 0 Å². The second-order valence-electron chi connectivity index (χ2n) is 6.46. The van der Waals surface area contributed by atoms with E-state index in [4.69, 9.17) is 23.2 Å². The second-order valence-corrected chi connectivity index (χ2v) is 7.28. The van der Waals surface area contributed by atoms with Crippen molar-refractivity contribution in [1.29, 1.82) is 0 Å². The molecule has 0 spiro atoms. The molecule has 2 nitrogen and oxygen atoms in total. The smallest absolute Gasteiger partial charge is 0.229 e. The van der Waals surface area contributed by atoms with Crippen LogP contribution in [0.4, 0.5) is 14.5 Å². The largest absolute Gasteiger partial charge is 0.309 e. The summed E-state index contributed by atoms with van der Waals surface area (Å²) in [5.74, 6) is -1.41. The molecule has 0 aromatic heterocycles. The Bertz CT molecular complexity index is 792. The molecular weight excluding hydrogens is 367 g/mol. The molecule has 2 aromatic rings. The van der Waals surface area contributed by atoms with E-state index >= 15 is 0 Å². The van der Waals surface area contributed by atoms with Gasteiger partial charge < -0.3 is 4.90 Å². The summed E-state index contributed by atoms with van der Waals surface area (Å²) in [5.41, 5.74) is 0.935. The highest BCUT2D eigenvalue weighted by Gasteiger charge is 2.34. The summed E-state index contributed by atoms with van der Waals surface area (Å²) >= 11 is 12.5. The van der Waals surface area contributed by atoms with Crippen LogP contribution in [0.3, 0.4) is 0 Å². The van der Waals surface area contributed by atoms with Crippen molar-refractivity contribution in [2.75, 3.05) is 11.4 Å². The maximum Gasteiger partial charge on any atom is 0.229 e. The molecule has 1 heterocycles. The minimum absolute atomic E-state index is 0.0278. The van der Waals surface area contributed by atoms with Gasteiger partial charge in [-0.1, -0.05) is 42.3 Å². The Morgan fingerprint density at radius 3 is 2.48 bits per heavy atom. The van der Waals surface area contributed by atoms with Crippen LogP contribution in [0.2, 0.25) is 10.0 Å². The molecule has 1 amide bonds. The molecule has 2 aromatic carbocycles. The highest BCUT2D eigenvalue weighted by Crippen LogP contribution is 2.38. The lowest BCUT2D eigenvalue weighted by Gasteiger charge is -2.37. The topological polar surface area (TPSA) is 20.3 Å².